The van der Waals surface area contributed by atoms with Crippen LogP contribution in [0.5, 0.6) is 0 Å². The fourth-order valence-electron chi connectivity index (χ4n) is 3.80. The monoisotopic (exact) mass is 407 g/mol. The van der Waals surface area contributed by atoms with E-state index in [0.29, 0.717) is 18.4 Å². The Morgan fingerprint density at radius 3 is 2.28 bits per heavy atom. The summed E-state index contributed by atoms with van der Waals surface area (Å²) in [5, 5.41) is 5.31. The molecule has 0 aromatic carbocycles. The van der Waals surface area contributed by atoms with E-state index < -0.39 is 11.7 Å². The quantitative estimate of drug-likeness (QED) is 0.663. The molecule has 0 radical (unpaired) electrons. The summed E-state index contributed by atoms with van der Waals surface area (Å²) in [6.45, 7) is 7.24. The molecule has 0 atom stereocenters. The molecule has 0 spiro atoms. The van der Waals surface area contributed by atoms with Crippen LogP contribution >= 0.6 is 0 Å². The number of allylic oxidation sites excluding steroid dienone is 1. The van der Waals surface area contributed by atoms with Gasteiger partial charge in [-0.2, -0.15) is 0 Å². The summed E-state index contributed by atoms with van der Waals surface area (Å²) >= 11 is 0. The predicted molar refractivity (Wildman–Crippen MR) is 112 cm³/mol. The number of ether oxygens (including phenoxy) is 1. The fourth-order valence-corrected chi connectivity index (χ4v) is 3.80. The number of hydrogen-bond acceptors (Lipinski definition) is 4. The van der Waals surface area contributed by atoms with Crippen LogP contribution in [0.15, 0.2) is 12.2 Å². The van der Waals surface area contributed by atoms with Gasteiger partial charge in [-0.05, 0) is 64.4 Å². The number of hydrogen-bond donors (Lipinski definition) is 2. The molecule has 29 heavy (non-hydrogen) atoms. The third-order valence-electron chi connectivity index (χ3n) is 5.47. The van der Waals surface area contributed by atoms with Gasteiger partial charge in [0.1, 0.15) is 5.60 Å². The molecular formula is C22H37N3O4. The summed E-state index contributed by atoms with van der Waals surface area (Å²) in [6, 6.07) is 0. The van der Waals surface area contributed by atoms with E-state index in [1.807, 2.05) is 4.90 Å². The molecule has 164 valence electrons. The largest absolute Gasteiger partial charge is 0.444 e. The average Bonchev–Trinajstić information content (AvgIpc) is 2.69. The number of carbonyl (C=O) groups excluding carboxylic acids is 3. The highest BCUT2D eigenvalue weighted by atomic mass is 16.6. The Labute approximate surface area is 174 Å². The minimum Gasteiger partial charge on any atom is -0.444 e. The number of carbonyl (C=O) groups is 3. The maximum absolute atomic E-state index is 12.4. The van der Waals surface area contributed by atoms with Crippen molar-refractivity contribution < 1.29 is 19.1 Å². The van der Waals surface area contributed by atoms with Crippen molar-refractivity contribution in [2.24, 2.45) is 11.8 Å². The minimum absolute atomic E-state index is 0.0990. The van der Waals surface area contributed by atoms with Crippen molar-refractivity contribution >= 4 is 17.9 Å². The van der Waals surface area contributed by atoms with Crippen LogP contribution in [0, 0.1) is 11.8 Å². The Balaban J connectivity index is 1.60. The molecule has 2 fully saturated rings. The predicted octanol–water partition coefficient (Wildman–Crippen LogP) is 3.00. The van der Waals surface area contributed by atoms with Crippen LogP contribution in [0.2, 0.25) is 0 Å². The van der Waals surface area contributed by atoms with Crippen LogP contribution < -0.4 is 10.6 Å². The Bertz CT molecular complexity index is 583. The zero-order valence-electron chi connectivity index (χ0n) is 18.2. The van der Waals surface area contributed by atoms with Crippen LogP contribution in [-0.2, 0) is 14.3 Å². The fraction of sp³-hybridized carbons (Fsp3) is 0.773. The van der Waals surface area contributed by atoms with Gasteiger partial charge in [-0.1, -0.05) is 25.3 Å². The molecule has 0 aromatic heterocycles. The Morgan fingerprint density at radius 2 is 1.66 bits per heavy atom. The van der Waals surface area contributed by atoms with E-state index in [4.69, 9.17) is 4.74 Å². The van der Waals surface area contributed by atoms with Crippen molar-refractivity contribution in [1.29, 1.82) is 0 Å². The minimum atomic E-state index is -0.597. The Hall–Kier alpha value is -2.05. The van der Waals surface area contributed by atoms with Crippen molar-refractivity contribution in [3.63, 3.8) is 0 Å². The molecular weight excluding hydrogens is 370 g/mol. The SMILES string of the molecule is CC(C)(C)OC(=O)NCC(=O)NCC1CCN(C(=O)/C=C/C2CCCCC2)CC1. The molecule has 0 unspecified atom stereocenters. The van der Waals surface area contributed by atoms with Crippen molar-refractivity contribution in [3.8, 4) is 0 Å². The van der Waals surface area contributed by atoms with E-state index in [-0.39, 0.29) is 18.4 Å². The molecule has 0 aromatic rings. The van der Waals surface area contributed by atoms with Gasteiger partial charge >= 0.3 is 6.09 Å². The first-order valence-corrected chi connectivity index (χ1v) is 10.9. The Kier molecular flexibility index (Phi) is 8.99. The smallest absolute Gasteiger partial charge is 0.408 e. The summed E-state index contributed by atoms with van der Waals surface area (Å²) in [4.78, 5) is 37.8. The summed E-state index contributed by atoms with van der Waals surface area (Å²) < 4.78 is 5.10. The average molecular weight is 408 g/mol. The Morgan fingerprint density at radius 1 is 1.00 bits per heavy atom. The van der Waals surface area contributed by atoms with Crippen molar-refractivity contribution in [2.45, 2.75) is 71.3 Å². The lowest BCUT2D eigenvalue weighted by Gasteiger charge is -2.31. The van der Waals surface area contributed by atoms with Crippen LogP contribution in [0.4, 0.5) is 4.79 Å². The normalized spacial score (nSPS) is 19.2. The zero-order chi connectivity index (χ0) is 21.3. The van der Waals surface area contributed by atoms with E-state index in [0.717, 1.165) is 25.9 Å². The lowest BCUT2D eigenvalue weighted by molar-refractivity contribution is -0.127. The van der Waals surface area contributed by atoms with E-state index in [9.17, 15) is 14.4 Å². The number of piperidine rings is 1. The number of likely N-dealkylation sites (tertiary alicyclic amines) is 1. The molecule has 3 amide bonds. The number of nitrogens with zero attached hydrogens (tertiary/aromatic N) is 1. The van der Waals surface area contributed by atoms with Crippen LogP contribution in [0.1, 0.15) is 65.7 Å². The van der Waals surface area contributed by atoms with Gasteiger partial charge in [0.15, 0.2) is 0 Å². The second kappa shape index (κ2) is 11.2. The third kappa shape index (κ3) is 9.33. The van der Waals surface area contributed by atoms with Gasteiger partial charge in [0.25, 0.3) is 0 Å². The van der Waals surface area contributed by atoms with Gasteiger partial charge in [0.2, 0.25) is 11.8 Å². The van der Waals surface area contributed by atoms with Crippen LogP contribution in [0.3, 0.4) is 0 Å². The van der Waals surface area contributed by atoms with Crippen molar-refractivity contribution in [3.05, 3.63) is 12.2 Å². The van der Waals surface area contributed by atoms with Gasteiger partial charge < -0.3 is 20.3 Å². The van der Waals surface area contributed by atoms with Gasteiger partial charge in [0.05, 0.1) is 6.54 Å². The molecule has 1 aliphatic heterocycles. The van der Waals surface area contributed by atoms with Gasteiger partial charge in [-0.3, -0.25) is 9.59 Å². The van der Waals surface area contributed by atoms with Gasteiger partial charge in [0, 0.05) is 19.6 Å². The van der Waals surface area contributed by atoms with Gasteiger partial charge in [-0.15, -0.1) is 0 Å². The maximum Gasteiger partial charge on any atom is 0.408 e. The lowest BCUT2D eigenvalue weighted by Crippen LogP contribution is -2.43. The summed E-state index contributed by atoms with van der Waals surface area (Å²) in [7, 11) is 0. The number of rotatable bonds is 6. The topological polar surface area (TPSA) is 87.7 Å². The zero-order valence-corrected chi connectivity index (χ0v) is 18.2. The molecule has 7 heteroatoms. The first-order valence-electron chi connectivity index (χ1n) is 10.9. The van der Waals surface area contributed by atoms with E-state index in [2.05, 4.69) is 16.7 Å². The summed E-state index contributed by atoms with van der Waals surface area (Å²) in [5.41, 5.74) is -0.586. The highest BCUT2D eigenvalue weighted by Gasteiger charge is 2.22. The van der Waals surface area contributed by atoms with E-state index in [1.54, 1.807) is 26.8 Å². The van der Waals surface area contributed by atoms with E-state index >= 15 is 0 Å². The molecule has 2 N–H and O–H groups in total. The van der Waals surface area contributed by atoms with Crippen LogP contribution in [0.25, 0.3) is 0 Å². The molecule has 1 heterocycles. The first-order chi connectivity index (χ1) is 13.7. The van der Waals surface area contributed by atoms with Crippen molar-refractivity contribution in [1.82, 2.24) is 15.5 Å². The highest BCUT2D eigenvalue weighted by molar-refractivity contribution is 5.87. The number of nitrogens with one attached hydrogen (secondary N) is 2. The second-order valence-electron chi connectivity index (χ2n) is 9.19. The molecule has 2 rings (SSSR count). The van der Waals surface area contributed by atoms with Gasteiger partial charge in [-0.25, -0.2) is 4.79 Å². The van der Waals surface area contributed by atoms with Crippen molar-refractivity contribution in [2.75, 3.05) is 26.2 Å². The molecule has 7 nitrogen and oxygen atoms in total. The van der Waals surface area contributed by atoms with Crippen LogP contribution in [-0.4, -0.2) is 54.6 Å². The molecule has 1 saturated carbocycles. The third-order valence-corrected chi connectivity index (χ3v) is 5.47. The summed E-state index contributed by atoms with van der Waals surface area (Å²) in [6.07, 6.45) is 11.3. The molecule has 1 aliphatic carbocycles. The molecule has 2 aliphatic rings. The first kappa shape index (κ1) is 23.2. The standard InChI is InChI=1S/C22H37N3O4/c1-22(2,3)29-21(28)24-16-19(26)23-15-18-11-13-25(14-12-18)20(27)10-9-17-7-5-4-6-8-17/h9-10,17-18H,4-8,11-16H2,1-3H3,(H,23,26)(H,24,28)/b10-9+. The summed E-state index contributed by atoms with van der Waals surface area (Å²) in [5.74, 6) is 0.797. The highest BCUT2D eigenvalue weighted by Crippen LogP contribution is 2.24. The number of alkyl carbamates (subject to hydrolysis) is 1. The lowest BCUT2D eigenvalue weighted by atomic mass is 9.89. The van der Waals surface area contributed by atoms with E-state index in [1.165, 1.54) is 32.1 Å². The maximum atomic E-state index is 12.4. The second-order valence-corrected chi connectivity index (χ2v) is 9.19. The molecule has 0 bridgehead atoms. The number of amides is 3. The molecule has 1 saturated heterocycles.